The second-order valence-electron chi connectivity index (χ2n) is 8.63. The Balaban J connectivity index is 1.39. The lowest BCUT2D eigenvalue weighted by Gasteiger charge is -2.38. The highest BCUT2D eigenvalue weighted by atomic mass is 19.1. The zero-order valence-electron chi connectivity index (χ0n) is 17.3. The number of anilines is 1. The molecule has 1 aliphatic carbocycles. The standard InChI is InChI=1S/C25H23FN2O3/c1-17-11-19(14-29)21-12-20(26)7-8-22(21)28(17)23-13-27(16-25(23)9-10-25)24(30)31-15-18-5-3-2-4-6-18/h2-8,11-12,23H,9-10,13,15-16H2,1H3/t23-/m1/s1. The number of carbonyl (C=O) groups is 1. The van der Waals surface area contributed by atoms with Gasteiger partial charge in [0.1, 0.15) is 18.4 Å². The number of benzene rings is 2. The van der Waals surface area contributed by atoms with Crippen LogP contribution in [0.1, 0.15) is 30.9 Å². The smallest absolute Gasteiger partial charge is 0.410 e. The maximum atomic E-state index is 13.9. The molecule has 1 amide bonds. The summed E-state index contributed by atoms with van der Waals surface area (Å²) in [5.74, 6) is 1.55. The molecule has 1 saturated carbocycles. The third kappa shape index (κ3) is 3.43. The van der Waals surface area contributed by atoms with Crippen molar-refractivity contribution in [3.05, 3.63) is 77.2 Å². The molecule has 1 spiro atoms. The van der Waals surface area contributed by atoms with Crippen molar-refractivity contribution in [2.45, 2.75) is 32.4 Å². The van der Waals surface area contributed by atoms with Gasteiger partial charge in [0, 0.05) is 29.8 Å². The number of halogens is 1. The van der Waals surface area contributed by atoms with Crippen molar-refractivity contribution in [3.63, 3.8) is 0 Å². The van der Waals surface area contributed by atoms with Crippen molar-refractivity contribution >= 4 is 23.3 Å². The number of ether oxygens (including phenoxy) is 1. The molecule has 3 aliphatic rings. The van der Waals surface area contributed by atoms with Crippen LogP contribution in [-0.4, -0.2) is 36.1 Å². The lowest BCUT2D eigenvalue weighted by atomic mass is 9.92. The number of nitrogens with zero attached hydrogens (tertiary/aromatic N) is 2. The minimum absolute atomic E-state index is 0.00504. The Kier molecular flexibility index (Phi) is 4.67. The molecule has 2 aliphatic heterocycles. The highest BCUT2D eigenvalue weighted by Crippen LogP contribution is 2.56. The summed E-state index contributed by atoms with van der Waals surface area (Å²) in [6.45, 7) is 3.35. The quantitative estimate of drug-likeness (QED) is 0.686. The van der Waals surface area contributed by atoms with Crippen molar-refractivity contribution in [2.24, 2.45) is 5.41 Å². The number of rotatable bonds is 3. The molecule has 31 heavy (non-hydrogen) atoms. The first-order chi connectivity index (χ1) is 15.0. The minimum Gasteiger partial charge on any atom is -0.445 e. The maximum absolute atomic E-state index is 13.9. The summed E-state index contributed by atoms with van der Waals surface area (Å²) in [6, 6.07) is 14.2. The van der Waals surface area contributed by atoms with Gasteiger partial charge in [0.05, 0.1) is 17.3 Å². The van der Waals surface area contributed by atoms with E-state index in [-0.39, 0.29) is 24.2 Å². The molecular formula is C25H23FN2O3. The van der Waals surface area contributed by atoms with Gasteiger partial charge in [-0.05, 0) is 49.6 Å². The maximum Gasteiger partial charge on any atom is 0.410 e. The van der Waals surface area contributed by atoms with Crippen LogP contribution in [0.5, 0.6) is 0 Å². The van der Waals surface area contributed by atoms with Gasteiger partial charge < -0.3 is 14.5 Å². The molecule has 2 aromatic rings. The fourth-order valence-corrected chi connectivity index (χ4v) is 4.89. The van der Waals surface area contributed by atoms with Crippen LogP contribution >= 0.6 is 0 Å². The van der Waals surface area contributed by atoms with E-state index in [0.29, 0.717) is 24.2 Å². The number of hydrogen-bond acceptors (Lipinski definition) is 4. The van der Waals surface area contributed by atoms with Gasteiger partial charge in [-0.1, -0.05) is 30.3 Å². The van der Waals surface area contributed by atoms with Gasteiger partial charge in [0.2, 0.25) is 0 Å². The van der Waals surface area contributed by atoms with Gasteiger partial charge in [-0.15, -0.1) is 0 Å². The van der Waals surface area contributed by atoms with Gasteiger partial charge in [-0.2, -0.15) is 0 Å². The number of allylic oxidation sites excluding steroid dienone is 3. The van der Waals surface area contributed by atoms with Gasteiger partial charge >= 0.3 is 6.09 Å². The first-order valence-corrected chi connectivity index (χ1v) is 10.5. The summed E-state index contributed by atoms with van der Waals surface area (Å²) in [4.78, 5) is 28.2. The van der Waals surface area contributed by atoms with Crippen molar-refractivity contribution in [1.29, 1.82) is 0 Å². The van der Waals surface area contributed by atoms with Crippen LogP contribution in [0.3, 0.4) is 0 Å². The van der Waals surface area contributed by atoms with Crippen LogP contribution in [0.2, 0.25) is 0 Å². The zero-order chi connectivity index (χ0) is 21.6. The zero-order valence-corrected chi connectivity index (χ0v) is 17.3. The third-order valence-corrected chi connectivity index (χ3v) is 6.62. The Hall–Kier alpha value is -3.37. The summed E-state index contributed by atoms with van der Waals surface area (Å²) in [6.07, 6.45) is 3.48. The number of fused-ring (bicyclic) bond motifs is 1. The first kappa shape index (κ1) is 19.6. The fourth-order valence-electron chi connectivity index (χ4n) is 4.89. The number of carbonyl (C=O) groups excluding carboxylic acids is 2. The van der Waals surface area contributed by atoms with Crippen molar-refractivity contribution < 1.29 is 18.7 Å². The average Bonchev–Trinajstić information content (AvgIpc) is 3.46. The molecule has 6 heteroatoms. The number of hydrogen-bond donors (Lipinski definition) is 0. The normalized spacial score (nSPS) is 20.9. The summed E-state index contributed by atoms with van der Waals surface area (Å²) in [7, 11) is 0. The molecule has 5 rings (SSSR count). The van der Waals surface area contributed by atoms with Crippen LogP contribution < -0.4 is 4.90 Å². The van der Waals surface area contributed by atoms with E-state index in [1.165, 1.54) is 12.1 Å². The topological polar surface area (TPSA) is 49.9 Å². The minimum atomic E-state index is -0.391. The van der Waals surface area contributed by atoms with E-state index in [1.54, 1.807) is 17.0 Å². The molecule has 2 fully saturated rings. The molecule has 0 radical (unpaired) electrons. The van der Waals surface area contributed by atoms with E-state index in [2.05, 4.69) is 4.90 Å². The Morgan fingerprint density at radius 1 is 1.23 bits per heavy atom. The van der Waals surface area contributed by atoms with Crippen LogP contribution in [-0.2, 0) is 16.1 Å². The molecule has 5 nitrogen and oxygen atoms in total. The van der Waals surface area contributed by atoms with Crippen molar-refractivity contribution in [2.75, 3.05) is 18.0 Å². The molecule has 1 saturated heterocycles. The van der Waals surface area contributed by atoms with Gasteiger partial charge in [0.15, 0.2) is 0 Å². The average molecular weight is 418 g/mol. The predicted molar refractivity (Wildman–Crippen MR) is 115 cm³/mol. The lowest BCUT2D eigenvalue weighted by molar-refractivity contribution is 0.102. The SMILES string of the molecule is CC1=CC(=C=O)c2cc(F)ccc2N1[C@@H]1CN(C(=O)OCc2ccccc2)CC12CC2. The molecule has 0 unspecified atom stereocenters. The van der Waals surface area contributed by atoms with E-state index in [4.69, 9.17) is 4.74 Å². The highest BCUT2D eigenvalue weighted by Gasteiger charge is 2.59. The molecular weight excluding hydrogens is 395 g/mol. The number of amides is 1. The van der Waals surface area contributed by atoms with Crippen molar-refractivity contribution in [3.8, 4) is 0 Å². The summed E-state index contributed by atoms with van der Waals surface area (Å²) >= 11 is 0. The largest absolute Gasteiger partial charge is 0.445 e. The molecule has 0 N–H and O–H groups in total. The van der Waals surface area contributed by atoms with E-state index in [1.807, 2.05) is 43.2 Å². The Labute approximate surface area is 180 Å². The van der Waals surface area contributed by atoms with E-state index >= 15 is 0 Å². The summed E-state index contributed by atoms with van der Waals surface area (Å²) < 4.78 is 19.5. The van der Waals surface area contributed by atoms with E-state index < -0.39 is 5.82 Å². The van der Waals surface area contributed by atoms with Crippen LogP contribution in [0, 0.1) is 11.2 Å². The van der Waals surface area contributed by atoms with Gasteiger partial charge in [-0.3, -0.25) is 0 Å². The van der Waals surface area contributed by atoms with Crippen LogP contribution in [0.15, 0.2) is 60.3 Å². The third-order valence-electron chi connectivity index (χ3n) is 6.62. The monoisotopic (exact) mass is 418 g/mol. The van der Waals surface area contributed by atoms with Gasteiger partial charge in [0.25, 0.3) is 0 Å². The summed E-state index contributed by atoms with van der Waals surface area (Å²) in [5, 5.41) is 0. The molecule has 2 heterocycles. The molecule has 1 atom stereocenters. The number of likely N-dealkylation sites (tertiary alicyclic amines) is 1. The Morgan fingerprint density at radius 3 is 2.71 bits per heavy atom. The Morgan fingerprint density at radius 2 is 2.00 bits per heavy atom. The molecule has 0 bridgehead atoms. The molecule has 2 aromatic carbocycles. The van der Waals surface area contributed by atoms with E-state index in [9.17, 15) is 14.0 Å². The van der Waals surface area contributed by atoms with Crippen LogP contribution in [0.4, 0.5) is 14.9 Å². The van der Waals surface area contributed by atoms with Crippen molar-refractivity contribution in [1.82, 2.24) is 4.90 Å². The molecule has 158 valence electrons. The fraction of sp³-hybridized carbons (Fsp3) is 0.320. The van der Waals surface area contributed by atoms with E-state index in [0.717, 1.165) is 29.8 Å². The van der Waals surface area contributed by atoms with Gasteiger partial charge in [-0.25, -0.2) is 14.0 Å². The Bertz CT molecular complexity index is 1120. The lowest BCUT2D eigenvalue weighted by Crippen LogP contribution is -2.42. The first-order valence-electron chi connectivity index (χ1n) is 10.5. The predicted octanol–water partition coefficient (Wildman–Crippen LogP) is 4.57. The second kappa shape index (κ2) is 7.40. The summed E-state index contributed by atoms with van der Waals surface area (Å²) in [5.41, 5.74) is 3.52. The highest BCUT2D eigenvalue weighted by molar-refractivity contribution is 6.00. The molecule has 0 aromatic heterocycles. The second-order valence-corrected chi connectivity index (χ2v) is 8.63. The van der Waals surface area contributed by atoms with Crippen LogP contribution in [0.25, 0.3) is 5.57 Å².